The number of pyridine rings is 1. The summed E-state index contributed by atoms with van der Waals surface area (Å²) in [5, 5.41) is 3.04. The van der Waals surface area contributed by atoms with Gasteiger partial charge in [-0.15, -0.1) is 0 Å². The molecule has 0 bridgehead atoms. The van der Waals surface area contributed by atoms with Gasteiger partial charge in [0.2, 0.25) is 5.88 Å². The molecule has 4 nitrogen and oxygen atoms in total. The number of aromatic nitrogens is 1. The molecule has 0 aliphatic carbocycles. The van der Waals surface area contributed by atoms with Gasteiger partial charge < -0.3 is 14.8 Å². The van der Waals surface area contributed by atoms with E-state index in [2.05, 4.69) is 15.0 Å². The van der Waals surface area contributed by atoms with Crippen LogP contribution in [0.15, 0.2) is 18.3 Å². The zero-order valence-corrected chi connectivity index (χ0v) is 7.82. The molecule has 0 amide bonds. The van der Waals surface area contributed by atoms with Gasteiger partial charge in [0.1, 0.15) is 11.9 Å². The molecule has 1 aromatic rings. The van der Waals surface area contributed by atoms with Crippen LogP contribution in [0.3, 0.4) is 0 Å². The highest BCUT2D eigenvalue weighted by Gasteiger charge is 2.18. The highest BCUT2D eigenvalue weighted by molar-refractivity contribution is 5.26. The largest absolute Gasteiger partial charge is 0.488 e. The van der Waals surface area contributed by atoms with Crippen LogP contribution < -0.4 is 14.8 Å². The maximum Gasteiger partial charge on any atom is 0.388 e. The third-order valence-corrected chi connectivity index (χ3v) is 1.96. The van der Waals surface area contributed by atoms with Gasteiger partial charge in [-0.1, -0.05) is 0 Å². The first-order valence-electron chi connectivity index (χ1n) is 4.52. The Balaban J connectivity index is 1.98. The van der Waals surface area contributed by atoms with Crippen LogP contribution in [0.1, 0.15) is 0 Å². The first kappa shape index (κ1) is 10.1. The number of hydrogen-bond donors (Lipinski definition) is 1. The molecule has 15 heavy (non-hydrogen) atoms. The number of nitrogens with zero attached hydrogens (tertiary/aromatic N) is 1. The van der Waals surface area contributed by atoms with E-state index >= 15 is 0 Å². The number of nitrogens with one attached hydrogen (secondary N) is 1. The van der Waals surface area contributed by atoms with Gasteiger partial charge >= 0.3 is 6.61 Å². The maximum atomic E-state index is 11.9. The average molecular weight is 216 g/mol. The smallest absolute Gasteiger partial charge is 0.388 e. The van der Waals surface area contributed by atoms with Crippen molar-refractivity contribution in [3.05, 3.63) is 18.3 Å². The Morgan fingerprint density at radius 2 is 2.27 bits per heavy atom. The zero-order valence-electron chi connectivity index (χ0n) is 7.82. The minimum absolute atomic E-state index is 0.104. The van der Waals surface area contributed by atoms with Gasteiger partial charge in [-0.25, -0.2) is 4.98 Å². The second-order valence-corrected chi connectivity index (χ2v) is 3.11. The molecule has 0 radical (unpaired) electrons. The van der Waals surface area contributed by atoms with Crippen LogP contribution in [0, 0.1) is 0 Å². The van der Waals surface area contributed by atoms with Gasteiger partial charge in [-0.3, -0.25) is 0 Å². The molecule has 2 heterocycles. The third kappa shape index (κ3) is 2.76. The molecule has 0 atom stereocenters. The molecule has 1 N–H and O–H groups in total. The summed E-state index contributed by atoms with van der Waals surface area (Å²) in [4.78, 5) is 3.63. The lowest BCUT2D eigenvalue weighted by molar-refractivity contribution is -0.0530. The molecule has 1 aromatic heterocycles. The zero-order chi connectivity index (χ0) is 10.7. The quantitative estimate of drug-likeness (QED) is 0.816. The molecule has 0 aromatic carbocycles. The van der Waals surface area contributed by atoms with E-state index in [1.54, 1.807) is 6.07 Å². The maximum absolute atomic E-state index is 11.9. The summed E-state index contributed by atoms with van der Waals surface area (Å²) in [6.45, 7) is -1.32. The number of hydrogen-bond acceptors (Lipinski definition) is 4. The highest BCUT2D eigenvalue weighted by atomic mass is 19.3. The number of halogens is 2. The minimum atomic E-state index is -2.86. The predicted octanol–water partition coefficient (Wildman–Crippen LogP) is 1.03. The third-order valence-electron chi connectivity index (χ3n) is 1.96. The Morgan fingerprint density at radius 1 is 1.47 bits per heavy atom. The molecule has 2 rings (SSSR count). The van der Waals surface area contributed by atoms with Crippen LogP contribution in [0.4, 0.5) is 8.78 Å². The van der Waals surface area contributed by atoms with Crippen molar-refractivity contribution in [1.82, 2.24) is 10.3 Å². The van der Waals surface area contributed by atoms with Crippen LogP contribution in [-0.4, -0.2) is 30.8 Å². The lowest BCUT2D eigenvalue weighted by atomic mass is 10.2. The van der Waals surface area contributed by atoms with Crippen LogP contribution in [-0.2, 0) is 0 Å². The lowest BCUT2D eigenvalue weighted by Gasteiger charge is -2.27. The average Bonchev–Trinajstić information content (AvgIpc) is 2.11. The number of ether oxygens (including phenoxy) is 2. The van der Waals surface area contributed by atoms with Gasteiger partial charge in [-0.2, -0.15) is 8.78 Å². The Kier molecular flexibility index (Phi) is 2.96. The molecular formula is C9H10F2N2O2. The van der Waals surface area contributed by atoms with Gasteiger partial charge in [0.15, 0.2) is 0 Å². The summed E-state index contributed by atoms with van der Waals surface area (Å²) in [6.07, 6.45) is 1.48. The second-order valence-electron chi connectivity index (χ2n) is 3.11. The SMILES string of the molecule is FC(F)Oc1cc(OC2CNC2)ccn1. The standard InChI is InChI=1S/C9H10F2N2O2/c10-9(11)15-8-3-6(1-2-13-8)14-7-4-12-5-7/h1-3,7,9,12H,4-5H2. The molecule has 1 saturated heterocycles. The molecule has 0 spiro atoms. The van der Waals surface area contributed by atoms with E-state index in [-0.39, 0.29) is 12.0 Å². The van der Waals surface area contributed by atoms with Gasteiger partial charge in [0.05, 0.1) is 0 Å². The molecular weight excluding hydrogens is 206 g/mol. The molecule has 1 aliphatic heterocycles. The molecule has 1 fully saturated rings. The number of rotatable bonds is 4. The highest BCUT2D eigenvalue weighted by Crippen LogP contribution is 2.19. The van der Waals surface area contributed by atoms with Crippen LogP contribution >= 0.6 is 0 Å². The van der Waals surface area contributed by atoms with Crippen molar-refractivity contribution in [1.29, 1.82) is 0 Å². The van der Waals surface area contributed by atoms with Gasteiger partial charge in [0.25, 0.3) is 0 Å². The van der Waals surface area contributed by atoms with E-state index in [0.29, 0.717) is 5.75 Å². The van der Waals surface area contributed by atoms with Gasteiger partial charge in [0, 0.05) is 25.4 Å². The fourth-order valence-electron chi connectivity index (χ4n) is 1.16. The van der Waals surface area contributed by atoms with Crippen LogP contribution in [0.25, 0.3) is 0 Å². The molecule has 0 saturated carbocycles. The minimum Gasteiger partial charge on any atom is -0.488 e. The Bertz CT molecular complexity index is 332. The van der Waals surface area contributed by atoms with Crippen molar-refractivity contribution >= 4 is 0 Å². The van der Waals surface area contributed by atoms with E-state index in [9.17, 15) is 8.78 Å². The summed E-state index contributed by atoms with van der Waals surface area (Å²) in [6, 6.07) is 2.96. The molecule has 6 heteroatoms. The predicted molar refractivity (Wildman–Crippen MR) is 48.2 cm³/mol. The van der Waals surface area contributed by atoms with E-state index < -0.39 is 6.61 Å². The summed E-state index contributed by atoms with van der Waals surface area (Å²) in [5.74, 6) is 0.363. The fourth-order valence-corrected chi connectivity index (χ4v) is 1.16. The van der Waals surface area contributed by atoms with Crippen LogP contribution in [0.5, 0.6) is 11.6 Å². The van der Waals surface area contributed by atoms with Crippen molar-refractivity contribution in [2.75, 3.05) is 13.1 Å². The summed E-state index contributed by atoms with van der Waals surface area (Å²) in [5.41, 5.74) is 0. The van der Waals surface area contributed by atoms with E-state index in [1.807, 2.05) is 0 Å². The lowest BCUT2D eigenvalue weighted by Crippen LogP contribution is -2.50. The summed E-state index contributed by atoms with van der Waals surface area (Å²) >= 11 is 0. The topological polar surface area (TPSA) is 43.4 Å². The molecule has 82 valence electrons. The van der Waals surface area contributed by atoms with Gasteiger partial charge in [-0.05, 0) is 6.07 Å². The van der Waals surface area contributed by atoms with Crippen molar-refractivity contribution < 1.29 is 18.3 Å². The number of alkyl halides is 2. The van der Waals surface area contributed by atoms with E-state index in [1.165, 1.54) is 12.3 Å². The first-order valence-corrected chi connectivity index (χ1v) is 4.52. The van der Waals surface area contributed by atoms with E-state index in [0.717, 1.165) is 13.1 Å². The molecule has 1 aliphatic rings. The van der Waals surface area contributed by atoms with Crippen molar-refractivity contribution in [3.8, 4) is 11.6 Å². The summed E-state index contributed by atoms with van der Waals surface area (Å²) in [7, 11) is 0. The van der Waals surface area contributed by atoms with Crippen molar-refractivity contribution in [2.24, 2.45) is 0 Å². The molecule has 0 unspecified atom stereocenters. The monoisotopic (exact) mass is 216 g/mol. The summed E-state index contributed by atoms with van der Waals surface area (Å²) < 4.78 is 33.4. The second kappa shape index (κ2) is 4.39. The van der Waals surface area contributed by atoms with Crippen molar-refractivity contribution in [3.63, 3.8) is 0 Å². The Labute approximate surface area is 85.2 Å². The van der Waals surface area contributed by atoms with Crippen LogP contribution in [0.2, 0.25) is 0 Å². The first-order chi connectivity index (χ1) is 7.24. The normalized spacial score (nSPS) is 16.2. The Hall–Kier alpha value is -1.43. The fraction of sp³-hybridized carbons (Fsp3) is 0.444. The van der Waals surface area contributed by atoms with E-state index in [4.69, 9.17) is 4.74 Å². The Morgan fingerprint density at radius 3 is 2.87 bits per heavy atom. The van der Waals surface area contributed by atoms with Crippen molar-refractivity contribution in [2.45, 2.75) is 12.7 Å².